The molecule has 2 rings (SSSR count). The van der Waals surface area contributed by atoms with Crippen molar-refractivity contribution >= 4 is 5.82 Å². The van der Waals surface area contributed by atoms with Gasteiger partial charge in [0.15, 0.2) is 0 Å². The maximum absolute atomic E-state index is 5.94. The summed E-state index contributed by atoms with van der Waals surface area (Å²) < 4.78 is 0. The van der Waals surface area contributed by atoms with Gasteiger partial charge in [-0.1, -0.05) is 45.0 Å². The Balaban J connectivity index is 2.37. The number of nitrogens with one attached hydrogen (secondary N) is 1. The third-order valence-corrected chi connectivity index (χ3v) is 3.16. The monoisotopic (exact) mass is 243 g/mol. The predicted molar refractivity (Wildman–Crippen MR) is 76.4 cm³/mol. The average molecular weight is 243 g/mol. The van der Waals surface area contributed by atoms with Crippen LogP contribution in [0.15, 0.2) is 24.3 Å². The van der Waals surface area contributed by atoms with Crippen molar-refractivity contribution in [2.75, 3.05) is 5.73 Å². The highest BCUT2D eigenvalue weighted by Gasteiger charge is 2.13. The SMILES string of the molecule is CCc1ccc(-c2[nH]nc(N)c2CC(C)C)cc1. The van der Waals surface area contributed by atoms with Crippen LogP contribution in [0.4, 0.5) is 5.82 Å². The number of aromatic nitrogens is 2. The number of rotatable bonds is 4. The van der Waals surface area contributed by atoms with E-state index in [1.165, 1.54) is 5.56 Å². The number of H-pyrrole nitrogens is 1. The van der Waals surface area contributed by atoms with E-state index in [0.29, 0.717) is 11.7 Å². The minimum absolute atomic E-state index is 0.568. The summed E-state index contributed by atoms with van der Waals surface area (Å²) in [6.45, 7) is 6.54. The summed E-state index contributed by atoms with van der Waals surface area (Å²) in [6, 6.07) is 8.59. The molecule has 0 aliphatic carbocycles. The van der Waals surface area contributed by atoms with E-state index in [9.17, 15) is 0 Å². The summed E-state index contributed by atoms with van der Waals surface area (Å²) in [6.07, 6.45) is 2.01. The molecule has 3 N–H and O–H groups in total. The molecule has 3 nitrogen and oxygen atoms in total. The van der Waals surface area contributed by atoms with E-state index in [0.717, 1.165) is 29.7 Å². The molecule has 0 aliphatic rings. The molecule has 0 aliphatic heterocycles. The summed E-state index contributed by atoms with van der Waals surface area (Å²) in [5.41, 5.74) is 10.6. The van der Waals surface area contributed by atoms with Gasteiger partial charge >= 0.3 is 0 Å². The first-order valence-corrected chi connectivity index (χ1v) is 6.53. The molecule has 1 heterocycles. The van der Waals surface area contributed by atoms with Gasteiger partial charge in [0.25, 0.3) is 0 Å². The van der Waals surface area contributed by atoms with Gasteiger partial charge in [0.1, 0.15) is 5.82 Å². The largest absolute Gasteiger partial charge is 0.382 e. The lowest BCUT2D eigenvalue weighted by molar-refractivity contribution is 0.649. The molecular formula is C15H21N3. The van der Waals surface area contributed by atoms with E-state index in [1.807, 2.05) is 0 Å². The minimum Gasteiger partial charge on any atom is -0.382 e. The number of aryl methyl sites for hydroxylation is 1. The lowest BCUT2D eigenvalue weighted by atomic mass is 9.98. The fraction of sp³-hybridized carbons (Fsp3) is 0.400. The number of anilines is 1. The second-order valence-corrected chi connectivity index (χ2v) is 5.11. The van der Waals surface area contributed by atoms with Crippen molar-refractivity contribution in [2.45, 2.75) is 33.6 Å². The fourth-order valence-electron chi connectivity index (χ4n) is 2.14. The van der Waals surface area contributed by atoms with Gasteiger partial charge in [-0.2, -0.15) is 5.10 Å². The molecule has 96 valence electrons. The normalized spacial score (nSPS) is 11.1. The van der Waals surface area contributed by atoms with Gasteiger partial charge in [-0.3, -0.25) is 5.10 Å². The van der Waals surface area contributed by atoms with Crippen LogP contribution in [0.25, 0.3) is 11.3 Å². The van der Waals surface area contributed by atoms with Crippen molar-refractivity contribution in [3.05, 3.63) is 35.4 Å². The molecule has 0 bridgehead atoms. The van der Waals surface area contributed by atoms with Crippen LogP contribution in [0.3, 0.4) is 0 Å². The molecule has 0 fully saturated rings. The molecule has 3 heteroatoms. The van der Waals surface area contributed by atoms with Gasteiger partial charge in [-0.05, 0) is 29.9 Å². The first-order chi connectivity index (χ1) is 8.61. The van der Waals surface area contributed by atoms with E-state index in [-0.39, 0.29) is 0 Å². The Morgan fingerprint density at radius 2 is 1.89 bits per heavy atom. The van der Waals surface area contributed by atoms with Crippen LogP contribution in [0.5, 0.6) is 0 Å². The maximum atomic E-state index is 5.94. The highest BCUT2D eigenvalue weighted by atomic mass is 15.2. The third kappa shape index (κ3) is 2.55. The molecule has 0 saturated heterocycles. The second-order valence-electron chi connectivity index (χ2n) is 5.11. The number of benzene rings is 1. The molecular weight excluding hydrogens is 222 g/mol. The molecule has 0 atom stereocenters. The Morgan fingerprint density at radius 1 is 1.22 bits per heavy atom. The van der Waals surface area contributed by atoms with Crippen LogP contribution in [0, 0.1) is 5.92 Å². The maximum Gasteiger partial charge on any atom is 0.149 e. The van der Waals surface area contributed by atoms with Crippen molar-refractivity contribution in [1.82, 2.24) is 10.2 Å². The quantitative estimate of drug-likeness (QED) is 0.864. The van der Waals surface area contributed by atoms with Crippen LogP contribution in [0.1, 0.15) is 31.9 Å². The number of hydrogen-bond donors (Lipinski definition) is 2. The standard InChI is InChI=1S/C15H21N3/c1-4-11-5-7-12(8-6-11)14-13(9-10(2)3)15(16)18-17-14/h5-8,10H,4,9H2,1-3H3,(H3,16,17,18). The predicted octanol–water partition coefficient (Wildman–Crippen LogP) is 3.42. The smallest absolute Gasteiger partial charge is 0.149 e. The van der Waals surface area contributed by atoms with Gasteiger partial charge < -0.3 is 5.73 Å². The molecule has 0 radical (unpaired) electrons. The number of aromatic amines is 1. The lowest BCUT2D eigenvalue weighted by Gasteiger charge is -2.07. The Morgan fingerprint density at radius 3 is 2.44 bits per heavy atom. The van der Waals surface area contributed by atoms with E-state index in [1.54, 1.807) is 0 Å². The van der Waals surface area contributed by atoms with Crippen molar-refractivity contribution in [3.8, 4) is 11.3 Å². The van der Waals surface area contributed by atoms with Crippen LogP contribution in [0.2, 0.25) is 0 Å². The molecule has 1 aromatic heterocycles. The van der Waals surface area contributed by atoms with E-state index in [2.05, 4.69) is 55.2 Å². The summed E-state index contributed by atoms with van der Waals surface area (Å²) in [7, 11) is 0. The van der Waals surface area contributed by atoms with E-state index >= 15 is 0 Å². The van der Waals surface area contributed by atoms with Gasteiger partial charge in [0.05, 0.1) is 5.69 Å². The van der Waals surface area contributed by atoms with E-state index in [4.69, 9.17) is 5.73 Å². The number of nitrogens with zero attached hydrogens (tertiary/aromatic N) is 1. The Kier molecular flexibility index (Phi) is 3.70. The summed E-state index contributed by atoms with van der Waals surface area (Å²) in [5, 5.41) is 7.20. The Bertz CT molecular complexity index is 509. The summed E-state index contributed by atoms with van der Waals surface area (Å²) in [5.74, 6) is 1.19. The van der Waals surface area contributed by atoms with Crippen LogP contribution in [-0.4, -0.2) is 10.2 Å². The van der Waals surface area contributed by atoms with Gasteiger partial charge in [0.2, 0.25) is 0 Å². The molecule has 0 unspecified atom stereocenters. The minimum atomic E-state index is 0.568. The van der Waals surface area contributed by atoms with Crippen LogP contribution >= 0.6 is 0 Å². The average Bonchev–Trinajstić information content (AvgIpc) is 2.71. The van der Waals surface area contributed by atoms with Crippen LogP contribution in [-0.2, 0) is 12.8 Å². The van der Waals surface area contributed by atoms with Crippen LogP contribution < -0.4 is 5.73 Å². The zero-order valence-corrected chi connectivity index (χ0v) is 11.3. The lowest BCUT2D eigenvalue weighted by Crippen LogP contribution is -1.99. The summed E-state index contributed by atoms with van der Waals surface area (Å²) in [4.78, 5) is 0. The zero-order valence-electron chi connectivity index (χ0n) is 11.3. The topological polar surface area (TPSA) is 54.7 Å². The van der Waals surface area contributed by atoms with Gasteiger partial charge in [-0.25, -0.2) is 0 Å². The molecule has 1 aromatic carbocycles. The van der Waals surface area contributed by atoms with Crippen molar-refractivity contribution in [2.24, 2.45) is 5.92 Å². The van der Waals surface area contributed by atoms with Crippen molar-refractivity contribution in [1.29, 1.82) is 0 Å². The first kappa shape index (κ1) is 12.7. The number of hydrogen-bond acceptors (Lipinski definition) is 2. The van der Waals surface area contributed by atoms with Gasteiger partial charge in [-0.15, -0.1) is 0 Å². The zero-order chi connectivity index (χ0) is 13.1. The first-order valence-electron chi connectivity index (χ1n) is 6.53. The molecule has 0 spiro atoms. The van der Waals surface area contributed by atoms with Crippen molar-refractivity contribution < 1.29 is 0 Å². The molecule has 0 saturated carbocycles. The molecule has 2 aromatic rings. The summed E-state index contributed by atoms with van der Waals surface area (Å²) >= 11 is 0. The number of nitrogens with two attached hydrogens (primary N) is 1. The molecule has 0 amide bonds. The highest BCUT2D eigenvalue weighted by Crippen LogP contribution is 2.27. The highest BCUT2D eigenvalue weighted by molar-refractivity contribution is 5.68. The Hall–Kier alpha value is -1.77. The van der Waals surface area contributed by atoms with E-state index < -0.39 is 0 Å². The number of nitrogen functional groups attached to an aromatic ring is 1. The Labute approximate surface area is 108 Å². The fourth-order valence-corrected chi connectivity index (χ4v) is 2.14. The molecule has 18 heavy (non-hydrogen) atoms. The second kappa shape index (κ2) is 5.25. The van der Waals surface area contributed by atoms with Crippen molar-refractivity contribution in [3.63, 3.8) is 0 Å². The third-order valence-electron chi connectivity index (χ3n) is 3.16. The van der Waals surface area contributed by atoms with Gasteiger partial charge in [0, 0.05) is 5.56 Å².